The fourth-order valence-corrected chi connectivity index (χ4v) is 3.10. The summed E-state index contributed by atoms with van der Waals surface area (Å²) < 4.78 is 0. The Hall–Kier alpha value is -2.48. The first kappa shape index (κ1) is 15.4. The highest BCUT2D eigenvalue weighted by Gasteiger charge is 2.18. The highest BCUT2D eigenvalue weighted by Crippen LogP contribution is 2.23. The topological polar surface area (TPSA) is 34.1 Å². The zero-order valence-electron chi connectivity index (χ0n) is 13.3. The third kappa shape index (κ3) is 3.48. The van der Waals surface area contributed by atoms with E-state index in [1.165, 1.54) is 5.56 Å². The first-order valence-electron chi connectivity index (χ1n) is 8.06. The molecule has 0 N–H and O–H groups in total. The monoisotopic (exact) mass is 304 g/mol. The second-order valence-corrected chi connectivity index (χ2v) is 5.99. The Bertz CT molecular complexity index is 784. The van der Waals surface area contributed by atoms with Crippen LogP contribution in [0, 0.1) is 0 Å². The maximum atomic E-state index is 11.8. The fourth-order valence-electron chi connectivity index (χ4n) is 3.10. The molecule has 23 heavy (non-hydrogen) atoms. The van der Waals surface area contributed by atoms with Crippen LogP contribution in [-0.2, 0) is 12.8 Å². The van der Waals surface area contributed by atoms with Crippen molar-refractivity contribution in [2.24, 2.45) is 0 Å². The lowest BCUT2D eigenvalue weighted by molar-refractivity contribution is 0.0991. The minimum absolute atomic E-state index is 0.113. The van der Waals surface area contributed by atoms with Crippen LogP contribution in [0.4, 0.5) is 0 Å². The minimum Gasteiger partial charge on any atom is -0.295 e. The highest BCUT2D eigenvalue weighted by atomic mass is 16.1. The SMILES string of the molecule is CC(=O)c1ccccc1CC/C=C/c1ccc2c(c1)C(=O)CC2. The van der Waals surface area contributed by atoms with Crippen LogP contribution in [0.3, 0.4) is 0 Å². The summed E-state index contributed by atoms with van der Waals surface area (Å²) in [7, 11) is 0. The normalized spacial score (nSPS) is 13.5. The van der Waals surface area contributed by atoms with Gasteiger partial charge in [0, 0.05) is 17.5 Å². The Balaban J connectivity index is 1.65. The average molecular weight is 304 g/mol. The Kier molecular flexibility index (Phi) is 4.52. The lowest BCUT2D eigenvalue weighted by atomic mass is 10.00. The molecule has 0 amide bonds. The van der Waals surface area contributed by atoms with Crippen molar-refractivity contribution in [2.45, 2.75) is 32.6 Å². The largest absolute Gasteiger partial charge is 0.295 e. The second-order valence-electron chi connectivity index (χ2n) is 5.99. The lowest BCUT2D eigenvalue weighted by Gasteiger charge is -2.04. The predicted molar refractivity (Wildman–Crippen MR) is 92.9 cm³/mol. The van der Waals surface area contributed by atoms with Crippen molar-refractivity contribution in [3.05, 3.63) is 76.4 Å². The molecule has 1 aliphatic rings. The smallest absolute Gasteiger partial charge is 0.163 e. The molecule has 0 aliphatic heterocycles. The van der Waals surface area contributed by atoms with Gasteiger partial charge in [0.1, 0.15) is 0 Å². The van der Waals surface area contributed by atoms with E-state index in [-0.39, 0.29) is 11.6 Å². The summed E-state index contributed by atoms with van der Waals surface area (Å²) in [6, 6.07) is 13.9. The number of hydrogen-bond acceptors (Lipinski definition) is 2. The van der Waals surface area contributed by atoms with Crippen LogP contribution in [-0.4, -0.2) is 11.6 Å². The first-order chi connectivity index (χ1) is 11.1. The molecule has 2 nitrogen and oxygen atoms in total. The molecule has 0 saturated heterocycles. The van der Waals surface area contributed by atoms with E-state index in [4.69, 9.17) is 0 Å². The van der Waals surface area contributed by atoms with Crippen molar-refractivity contribution in [3.63, 3.8) is 0 Å². The van der Waals surface area contributed by atoms with Crippen LogP contribution in [0.25, 0.3) is 6.08 Å². The fraction of sp³-hybridized carbons (Fsp3) is 0.238. The number of carbonyl (C=O) groups excluding carboxylic acids is 2. The van der Waals surface area contributed by atoms with Crippen molar-refractivity contribution in [1.82, 2.24) is 0 Å². The molecule has 0 radical (unpaired) electrons. The number of allylic oxidation sites excluding steroid dienone is 1. The molecule has 0 bridgehead atoms. The second kappa shape index (κ2) is 6.74. The molecule has 2 aromatic carbocycles. The van der Waals surface area contributed by atoms with Gasteiger partial charge in [-0.3, -0.25) is 9.59 Å². The summed E-state index contributed by atoms with van der Waals surface area (Å²) in [6.07, 6.45) is 7.40. The van der Waals surface area contributed by atoms with Crippen LogP contribution in [0.15, 0.2) is 48.5 Å². The number of hydrogen-bond donors (Lipinski definition) is 0. The van der Waals surface area contributed by atoms with Gasteiger partial charge in [0.2, 0.25) is 0 Å². The average Bonchev–Trinajstić information content (AvgIpc) is 2.93. The molecule has 3 rings (SSSR count). The van der Waals surface area contributed by atoms with Crippen molar-refractivity contribution in [3.8, 4) is 0 Å². The molecular formula is C21H20O2. The van der Waals surface area contributed by atoms with Gasteiger partial charge in [-0.1, -0.05) is 48.6 Å². The van der Waals surface area contributed by atoms with Gasteiger partial charge in [-0.2, -0.15) is 0 Å². The molecule has 0 saturated carbocycles. The molecule has 0 aromatic heterocycles. The van der Waals surface area contributed by atoms with E-state index < -0.39 is 0 Å². The lowest BCUT2D eigenvalue weighted by Crippen LogP contribution is -1.98. The predicted octanol–water partition coefficient (Wildman–Crippen LogP) is 4.66. The third-order valence-electron chi connectivity index (χ3n) is 4.34. The molecule has 1 aliphatic carbocycles. The zero-order valence-corrected chi connectivity index (χ0v) is 13.3. The van der Waals surface area contributed by atoms with Crippen molar-refractivity contribution >= 4 is 17.6 Å². The Labute approximate surface area is 136 Å². The van der Waals surface area contributed by atoms with Crippen molar-refractivity contribution in [2.75, 3.05) is 0 Å². The Morgan fingerprint density at radius 1 is 1.13 bits per heavy atom. The summed E-state index contributed by atoms with van der Waals surface area (Å²) in [5.41, 5.74) is 5.02. The van der Waals surface area contributed by atoms with Gasteiger partial charge in [0.25, 0.3) is 0 Å². The number of aryl methyl sites for hydroxylation is 2. The van der Waals surface area contributed by atoms with E-state index in [1.807, 2.05) is 30.3 Å². The van der Waals surface area contributed by atoms with E-state index in [1.54, 1.807) is 6.92 Å². The molecule has 116 valence electrons. The number of benzene rings is 2. The maximum Gasteiger partial charge on any atom is 0.163 e. The van der Waals surface area contributed by atoms with Crippen molar-refractivity contribution < 1.29 is 9.59 Å². The number of fused-ring (bicyclic) bond motifs is 1. The molecule has 0 atom stereocenters. The van der Waals surface area contributed by atoms with Crippen molar-refractivity contribution in [1.29, 1.82) is 0 Å². The van der Waals surface area contributed by atoms with E-state index in [9.17, 15) is 9.59 Å². The number of Topliss-reactive ketones (excluding diaryl/α,β-unsaturated/α-hetero) is 2. The Morgan fingerprint density at radius 3 is 2.78 bits per heavy atom. The summed E-state index contributed by atoms with van der Waals surface area (Å²) >= 11 is 0. The third-order valence-corrected chi connectivity index (χ3v) is 4.34. The van der Waals surface area contributed by atoms with Crippen LogP contribution in [0.1, 0.15) is 57.2 Å². The number of carbonyl (C=O) groups is 2. The molecule has 2 heteroatoms. The minimum atomic E-state index is 0.113. The van der Waals surface area contributed by atoms with Crippen LogP contribution in [0.2, 0.25) is 0 Å². The summed E-state index contributed by atoms with van der Waals surface area (Å²) in [6.45, 7) is 1.61. The Morgan fingerprint density at radius 2 is 1.96 bits per heavy atom. The van der Waals surface area contributed by atoms with E-state index in [0.29, 0.717) is 6.42 Å². The van der Waals surface area contributed by atoms with Crippen LogP contribution in [0.5, 0.6) is 0 Å². The molecule has 0 spiro atoms. The molecule has 2 aromatic rings. The van der Waals surface area contributed by atoms with Gasteiger partial charge in [-0.05, 0) is 48.9 Å². The van der Waals surface area contributed by atoms with Crippen LogP contribution < -0.4 is 0 Å². The zero-order chi connectivity index (χ0) is 16.2. The molecular weight excluding hydrogens is 284 g/mol. The van der Waals surface area contributed by atoms with Gasteiger partial charge in [-0.15, -0.1) is 0 Å². The van der Waals surface area contributed by atoms with Gasteiger partial charge in [0.05, 0.1) is 0 Å². The molecule has 0 unspecified atom stereocenters. The van der Waals surface area contributed by atoms with Crippen LogP contribution >= 0.6 is 0 Å². The molecule has 0 heterocycles. The highest BCUT2D eigenvalue weighted by molar-refractivity contribution is 6.00. The maximum absolute atomic E-state index is 11.8. The number of rotatable bonds is 5. The summed E-state index contributed by atoms with van der Waals surface area (Å²) in [4.78, 5) is 23.4. The quantitative estimate of drug-likeness (QED) is 0.753. The van der Waals surface area contributed by atoms with Gasteiger partial charge in [-0.25, -0.2) is 0 Å². The van der Waals surface area contributed by atoms with Gasteiger partial charge < -0.3 is 0 Å². The molecule has 0 fully saturated rings. The van der Waals surface area contributed by atoms with E-state index in [2.05, 4.69) is 24.3 Å². The van der Waals surface area contributed by atoms with Gasteiger partial charge in [0.15, 0.2) is 11.6 Å². The first-order valence-corrected chi connectivity index (χ1v) is 8.06. The number of ketones is 2. The van der Waals surface area contributed by atoms with E-state index >= 15 is 0 Å². The summed E-state index contributed by atoms with van der Waals surface area (Å²) in [5.74, 6) is 0.368. The van der Waals surface area contributed by atoms with E-state index in [0.717, 1.165) is 41.5 Å². The standard InChI is InChI=1S/C21H20O2/c1-15(22)19-9-5-4-8-17(19)7-3-2-6-16-10-11-18-12-13-21(23)20(18)14-16/h2,4-6,8-11,14H,3,7,12-13H2,1H3/b6-2+. The summed E-state index contributed by atoms with van der Waals surface area (Å²) in [5, 5.41) is 0. The van der Waals surface area contributed by atoms with Gasteiger partial charge >= 0.3 is 0 Å².